The zero-order valence-corrected chi connectivity index (χ0v) is 14.3. The number of hydrogen-bond acceptors (Lipinski definition) is 5. The van der Waals surface area contributed by atoms with E-state index in [0.717, 1.165) is 50.7 Å². The number of nitrogens with zero attached hydrogens (tertiary/aromatic N) is 3. The largest absolute Gasteiger partial charge is 0.489 e. The third-order valence-electron chi connectivity index (χ3n) is 4.68. The van der Waals surface area contributed by atoms with E-state index in [9.17, 15) is 0 Å². The van der Waals surface area contributed by atoms with Crippen LogP contribution in [0.15, 0.2) is 48.4 Å². The molecule has 3 heterocycles. The van der Waals surface area contributed by atoms with E-state index in [4.69, 9.17) is 9.47 Å². The second-order valence-corrected chi connectivity index (χ2v) is 6.71. The van der Waals surface area contributed by atoms with Gasteiger partial charge in [-0.2, -0.15) is 0 Å². The Morgan fingerprint density at radius 1 is 1.20 bits per heavy atom. The highest BCUT2D eigenvalue weighted by Crippen LogP contribution is 2.26. The zero-order valence-electron chi connectivity index (χ0n) is 14.3. The molecule has 2 aromatic rings. The van der Waals surface area contributed by atoms with Crippen LogP contribution in [-0.2, 0) is 11.2 Å². The fourth-order valence-corrected chi connectivity index (χ4v) is 3.50. The molecule has 0 aliphatic carbocycles. The van der Waals surface area contributed by atoms with Gasteiger partial charge in [0.15, 0.2) is 0 Å². The Bertz CT molecular complexity index is 733. The van der Waals surface area contributed by atoms with Crippen LogP contribution in [0, 0.1) is 5.92 Å². The van der Waals surface area contributed by atoms with E-state index in [-0.39, 0.29) is 0 Å². The highest BCUT2D eigenvalue weighted by molar-refractivity contribution is 5.62. The number of hydrogen-bond donors (Lipinski definition) is 0. The topological polar surface area (TPSA) is 47.5 Å². The molecular weight excluding hydrogens is 314 g/mol. The second kappa shape index (κ2) is 7.76. The van der Waals surface area contributed by atoms with E-state index < -0.39 is 0 Å². The molecule has 0 amide bonds. The zero-order chi connectivity index (χ0) is 16.9. The normalized spacial score (nSPS) is 21.0. The first-order valence-electron chi connectivity index (χ1n) is 8.83. The molecule has 0 spiro atoms. The van der Waals surface area contributed by atoms with Gasteiger partial charge in [-0.05, 0) is 30.2 Å². The van der Waals surface area contributed by atoms with Crippen molar-refractivity contribution in [1.82, 2.24) is 14.9 Å². The number of aromatic nitrogens is 2. The van der Waals surface area contributed by atoms with Gasteiger partial charge in [0, 0.05) is 43.0 Å². The maximum Gasteiger partial charge on any atom is 0.127 e. The molecule has 0 N–H and O–H groups in total. The standard InChI is InChI=1S/C20H23N3O2/c1-2-4-20-18(3-1)9-16(14-25-20)11-23-7-8-24-13-17(12-23)10-19-5-6-21-15-22-19/h1-6,9,15,17H,7-8,10-14H2/t17-/m1/s1. The van der Waals surface area contributed by atoms with Crippen LogP contribution in [0.5, 0.6) is 5.75 Å². The van der Waals surface area contributed by atoms with Gasteiger partial charge in [-0.3, -0.25) is 4.90 Å². The van der Waals surface area contributed by atoms with Gasteiger partial charge < -0.3 is 9.47 Å². The van der Waals surface area contributed by atoms with Crippen LogP contribution >= 0.6 is 0 Å². The van der Waals surface area contributed by atoms with Gasteiger partial charge in [-0.1, -0.05) is 18.2 Å². The van der Waals surface area contributed by atoms with Crippen molar-refractivity contribution in [2.75, 3.05) is 39.5 Å². The van der Waals surface area contributed by atoms with Crippen molar-refractivity contribution >= 4 is 6.08 Å². The van der Waals surface area contributed by atoms with E-state index in [2.05, 4.69) is 33.1 Å². The van der Waals surface area contributed by atoms with Gasteiger partial charge in [0.1, 0.15) is 18.7 Å². The predicted octanol–water partition coefficient (Wildman–Crippen LogP) is 2.44. The lowest BCUT2D eigenvalue weighted by atomic mass is 10.0. The number of para-hydroxylation sites is 1. The lowest BCUT2D eigenvalue weighted by Gasteiger charge is -2.26. The van der Waals surface area contributed by atoms with Crippen LogP contribution in [0.1, 0.15) is 11.3 Å². The smallest absolute Gasteiger partial charge is 0.127 e. The lowest BCUT2D eigenvalue weighted by Crippen LogP contribution is -2.34. The van der Waals surface area contributed by atoms with Gasteiger partial charge in [-0.15, -0.1) is 0 Å². The molecule has 2 aliphatic heterocycles. The fraction of sp³-hybridized carbons (Fsp3) is 0.400. The molecule has 0 saturated carbocycles. The first-order chi connectivity index (χ1) is 12.4. The molecular formula is C20H23N3O2. The molecule has 0 unspecified atom stereocenters. The summed E-state index contributed by atoms with van der Waals surface area (Å²) in [4.78, 5) is 10.8. The van der Waals surface area contributed by atoms with Crippen LogP contribution in [-0.4, -0.2) is 54.3 Å². The molecule has 4 rings (SSSR count). The number of fused-ring (bicyclic) bond motifs is 1. The maximum atomic E-state index is 5.89. The summed E-state index contributed by atoms with van der Waals surface area (Å²) in [6.07, 6.45) is 6.62. The van der Waals surface area contributed by atoms with E-state index in [1.165, 1.54) is 11.1 Å². The van der Waals surface area contributed by atoms with Crippen molar-refractivity contribution < 1.29 is 9.47 Å². The Morgan fingerprint density at radius 2 is 2.16 bits per heavy atom. The third-order valence-corrected chi connectivity index (χ3v) is 4.68. The highest BCUT2D eigenvalue weighted by Gasteiger charge is 2.21. The monoisotopic (exact) mass is 337 g/mol. The van der Waals surface area contributed by atoms with E-state index in [0.29, 0.717) is 12.5 Å². The summed E-state index contributed by atoms with van der Waals surface area (Å²) in [5, 5.41) is 0. The van der Waals surface area contributed by atoms with Crippen molar-refractivity contribution in [3.05, 3.63) is 59.7 Å². The molecule has 0 radical (unpaired) electrons. The van der Waals surface area contributed by atoms with Crippen molar-refractivity contribution in [2.24, 2.45) is 5.92 Å². The summed E-state index contributed by atoms with van der Waals surface area (Å²) in [5.74, 6) is 1.43. The number of ether oxygens (including phenoxy) is 2. The van der Waals surface area contributed by atoms with Crippen LogP contribution < -0.4 is 4.74 Å². The van der Waals surface area contributed by atoms with Gasteiger partial charge in [-0.25, -0.2) is 9.97 Å². The molecule has 1 fully saturated rings. The van der Waals surface area contributed by atoms with E-state index in [1.807, 2.05) is 18.2 Å². The molecule has 5 heteroatoms. The molecule has 1 saturated heterocycles. The minimum absolute atomic E-state index is 0.454. The summed E-state index contributed by atoms with van der Waals surface area (Å²) in [6.45, 7) is 5.15. The third kappa shape index (κ3) is 4.24. The van der Waals surface area contributed by atoms with Crippen molar-refractivity contribution in [1.29, 1.82) is 0 Å². The molecule has 5 nitrogen and oxygen atoms in total. The summed E-state index contributed by atoms with van der Waals surface area (Å²) in [5.41, 5.74) is 3.58. The minimum atomic E-state index is 0.454. The van der Waals surface area contributed by atoms with Gasteiger partial charge >= 0.3 is 0 Å². The van der Waals surface area contributed by atoms with E-state index in [1.54, 1.807) is 12.5 Å². The molecule has 130 valence electrons. The summed E-state index contributed by atoms with van der Waals surface area (Å²) in [7, 11) is 0. The molecule has 1 aromatic heterocycles. The summed E-state index contributed by atoms with van der Waals surface area (Å²) >= 11 is 0. The quantitative estimate of drug-likeness (QED) is 0.858. The average molecular weight is 337 g/mol. The maximum absolute atomic E-state index is 5.89. The minimum Gasteiger partial charge on any atom is -0.489 e. The Morgan fingerprint density at radius 3 is 3.08 bits per heavy atom. The first kappa shape index (κ1) is 16.2. The van der Waals surface area contributed by atoms with Gasteiger partial charge in [0.25, 0.3) is 0 Å². The van der Waals surface area contributed by atoms with Crippen LogP contribution in [0.2, 0.25) is 0 Å². The number of rotatable bonds is 4. The van der Waals surface area contributed by atoms with Gasteiger partial charge in [0.2, 0.25) is 0 Å². The Kier molecular flexibility index (Phi) is 5.04. The molecule has 1 atom stereocenters. The molecule has 1 aromatic carbocycles. The average Bonchev–Trinajstić information content (AvgIpc) is 2.87. The Labute approximate surface area is 148 Å². The van der Waals surface area contributed by atoms with Crippen molar-refractivity contribution in [3.8, 4) is 5.75 Å². The summed E-state index contributed by atoms with van der Waals surface area (Å²) < 4.78 is 11.7. The lowest BCUT2D eigenvalue weighted by molar-refractivity contribution is 0.122. The van der Waals surface area contributed by atoms with Crippen LogP contribution in [0.3, 0.4) is 0 Å². The van der Waals surface area contributed by atoms with Crippen molar-refractivity contribution in [2.45, 2.75) is 6.42 Å². The Hall–Kier alpha value is -2.24. The second-order valence-electron chi connectivity index (χ2n) is 6.71. The van der Waals surface area contributed by atoms with Crippen LogP contribution in [0.25, 0.3) is 6.08 Å². The van der Waals surface area contributed by atoms with Crippen molar-refractivity contribution in [3.63, 3.8) is 0 Å². The van der Waals surface area contributed by atoms with Gasteiger partial charge in [0.05, 0.1) is 13.2 Å². The molecule has 2 aliphatic rings. The fourth-order valence-electron chi connectivity index (χ4n) is 3.50. The first-order valence-corrected chi connectivity index (χ1v) is 8.83. The van der Waals surface area contributed by atoms with E-state index >= 15 is 0 Å². The SMILES string of the molecule is C1=C(CN2CCOC[C@H](Cc3ccncn3)C2)COc2ccccc21. The summed E-state index contributed by atoms with van der Waals surface area (Å²) in [6, 6.07) is 10.2. The Balaban J connectivity index is 1.41. The number of benzene rings is 1. The van der Waals surface area contributed by atoms with Crippen LogP contribution in [0.4, 0.5) is 0 Å². The molecule has 0 bridgehead atoms. The highest BCUT2D eigenvalue weighted by atomic mass is 16.5. The predicted molar refractivity (Wildman–Crippen MR) is 96.4 cm³/mol. The molecule has 25 heavy (non-hydrogen) atoms.